The zero-order chi connectivity index (χ0) is 14.5. The van der Waals surface area contributed by atoms with Crippen LogP contribution in [-0.2, 0) is 11.3 Å². The van der Waals surface area contributed by atoms with Crippen LogP contribution in [0.5, 0.6) is 0 Å². The summed E-state index contributed by atoms with van der Waals surface area (Å²) in [6, 6.07) is 2.17. The number of likely N-dealkylation sites (N-methyl/N-ethyl adjacent to an activating group) is 2. The topological polar surface area (TPSA) is 43.8 Å². The predicted molar refractivity (Wildman–Crippen MR) is 81.7 cm³/mol. The smallest absolute Gasteiger partial charge is 0.236 e. The van der Waals surface area contributed by atoms with E-state index < -0.39 is 0 Å². The molecule has 1 aliphatic rings. The summed E-state index contributed by atoms with van der Waals surface area (Å²) in [7, 11) is 3.78. The molecule has 1 aliphatic carbocycles. The molecule has 2 rings (SSSR count). The molecule has 1 amide bonds. The number of carbonyl (C=O) groups excluding carboxylic acids is 1. The Hall–Kier alpha value is -0.910. The van der Waals surface area contributed by atoms with E-state index >= 15 is 0 Å². The average molecular weight is 296 g/mol. The molecule has 1 saturated carbocycles. The number of aliphatic hydroxyl groups is 1. The maximum atomic E-state index is 12.2. The van der Waals surface area contributed by atoms with E-state index in [-0.39, 0.29) is 18.1 Å². The molecule has 1 aromatic heterocycles. The summed E-state index contributed by atoms with van der Waals surface area (Å²) >= 11 is 1.65. The van der Waals surface area contributed by atoms with Gasteiger partial charge in [0.05, 0.1) is 12.6 Å². The zero-order valence-corrected chi connectivity index (χ0v) is 13.1. The van der Waals surface area contributed by atoms with E-state index in [0.717, 1.165) is 25.7 Å². The van der Waals surface area contributed by atoms with E-state index in [4.69, 9.17) is 0 Å². The lowest BCUT2D eigenvalue weighted by Gasteiger charge is -2.35. The van der Waals surface area contributed by atoms with Gasteiger partial charge in [0.2, 0.25) is 5.91 Å². The van der Waals surface area contributed by atoms with Crippen LogP contribution in [0.1, 0.15) is 31.2 Å². The molecule has 5 heteroatoms. The molecule has 0 saturated heterocycles. The molecule has 1 heterocycles. The van der Waals surface area contributed by atoms with E-state index in [1.807, 2.05) is 30.4 Å². The van der Waals surface area contributed by atoms with Crippen molar-refractivity contribution < 1.29 is 9.90 Å². The Labute approximate surface area is 125 Å². The van der Waals surface area contributed by atoms with Crippen LogP contribution in [0.3, 0.4) is 0 Å². The second-order valence-electron chi connectivity index (χ2n) is 5.72. The molecule has 112 valence electrons. The van der Waals surface area contributed by atoms with Gasteiger partial charge in [0.15, 0.2) is 0 Å². The lowest BCUT2D eigenvalue weighted by Crippen LogP contribution is -2.47. The van der Waals surface area contributed by atoms with Gasteiger partial charge in [0.1, 0.15) is 0 Å². The molecular formula is C15H24N2O2S. The molecule has 0 aromatic carbocycles. The Bertz CT molecular complexity index is 422. The fourth-order valence-electron chi connectivity index (χ4n) is 2.80. The third-order valence-corrected chi connectivity index (χ3v) is 4.80. The number of thiophene rings is 1. The van der Waals surface area contributed by atoms with E-state index in [9.17, 15) is 9.90 Å². The van der Waals surface area contributed by atoms with Crippen LogP contribution in [0.4, 0.5) is 0 Å². The van der Waals surface area contributed by atoms with Crippen molar-refractivity contribution in [2.24, 2.45) is 0 Å². The van der Waals surface area contributed by atoms with Gasteiger partial charge in [0.25, 0.3) is 0 Å². The molecule has 4 nitrogen and oxygen atoms in total. The first-order valence-corrected chi connectivity index (χ1v) is 8.15. The van der Waals surface area contributed by atoms with Crippen LogP contribution in [-0.4, -0.2) is 53.6 Å². The van der Waals surface area contributed by atoms with Crippen molar-refractivity contribution in [1.82, 2.24) is 9.80 Å². The second kappa shape index (κ2) is 7.20. The molecule has 0 aliphatic heterocycles. The van der Waals surface area contributed by atoms with Gasteiger partial charge in [-0.05, 0) is 42.3 Å². The van der Waals surface area contributed by atoms with E-state index in [1.165, 1.54) is 5.56 Å². The Morgan fingerprint density at radius 2 is 2.15 bits per heavy atom. The molecule has 2 unspecified atom stereocenters. The van der Waals surface area contributed by atoms with Crippen molar-refractivity contribution in [2.75, 3.05) is 20.6 Å². The van der Waals surface area contributed by atoms with Crippen molar-refractivity contribution in [3.63, 3.8) is 0 Å². The lowest BCUT2D eigenvalue weighted by molar-refractivity contribution is -0.132. The van der Waals surface area contributed by atoms with Crippen molar-refractivity contribution in [1.29, 1.82) is 0 Å². The highest BCUT2D eigenvalue weighted by atomic mass is 32.1. The van der Waals surface area contributed by atoms with Crippen LogP contribution in [0.15, 0.2) is 16.8 Å². The highest BCUT2D eigenvalue weighted by Crippen LogP contribution is 2.22. The van der Waals surface area contributed by atoms with Crippen LogP contribution >= 0.6 is 11.3 Å². The SMILES string of the molecule is CN(Cc1ccsc1)C(=O)CN(C)C1CCCCC1O. The summed E-state index contributed by atoms with van der Waals surface area (Å²) in [6.45, 7) is 1.03. The van der Waals surface area contributed by atoms with Gasteiger partial charge in [0, 0.05) is 19.6 Å². The average Bonchev–Trinajstić information content (AvgIpc) is 2.91. The van der Waals surface area contributed by atoms with Crippen LogP contribution < -0.4 is 0 Å². The van der Waals surface area contributed by atoms with Gasteiger partial charge in [-0.1, -0.05) is 12.8 Å². The first kappa shape index (κ1) is 15.5. The molecule has 2 atom stereocenters. The Kier molecular flexibility index (Phi) is 5.57. The van der Waals surface area contributed by atoms with Crippen LogP contribution in [0.2, 0.25) is 0 Å². The number of hydrogen-bond donors (Lipinski definition) is 1. The quantitative estimate of drug-likeness (QED) is 0.903. The van der Waals surface area contributed by atoms with Crippen molar-refractivity contribution >= 4 is 17.2 Å². The number of hydrogen-bond acceptors (Lipinski definition) is 4. The van der Waals surface area contributed by atoms with E-state index in [1.54, 1.807) is 16.2 Å². The van der Waals surface area contributed by atoms with Crippen molar-refractivity contribution in [2.45, 2.75) is 44.4 Å². The first-order chi connectivity index (χ1) is 9.58. The molecule has 1 N–H and O–H groups in total. The summed E-state index contributed by atoms with van der Waals surface area (Å²) in [5.41, 5.74) is 1.17. The van der Waals surface area contributed by atoms with Gasteiger partial charge < -0.3 is 10.0 Å². The summed E-state index contributed by atoms with van der Waals surface area (Å²) in [5.74, 6) is 0.108. The Morgan fingerprint density at radius 3 is 2.80 bits per heavy atom. The normalized spacial score (nSPS) is 23.0. The summed E-state index contributed by atoms with van der Waals surface area (Å²) in [6.07, 6.45) is 3.79. The predicted octanol–water partition coefficient (Wildman–Crippen LogP) is 1.94. The fraction of sp³-hybridized carbons (Fsp3) is 0.667. The molecule has 0 spiro atoms. The number of nitrogens with zero attached hydrogens (tertiary/aromatic N) is 2. The summed E-state index contributed by atoms with van der Waals surface area (Å²) < 4.78 is 0. The maximum absolute atomic E-state index is 12.2. The Morgan fingerprint density at radius 1 is 1.40 bits per heavy atom. The van der Waals surface area contributed by atoms with Gasteiger partial charge in [-0.3, -0.25) is 9.69 Å². The van der Waals surface area contributed by atoms with E-state index in [0.29, 0.717) is 13.1 Å². The minimum absolute atomic E-state index is 0.108. The van der Waals surface area contributed by atoms with Crippen LogP contribution in [0.25, 0.3) is 0 Å². The maximum Gasteiger partial charge on any atom is 0.236 e. The second-order valence-corrected chi connectivity index (χ2v) is 6.50. The standard InChI is InChI=1S/C15H24N2O2S/c1-16(13-5-3-4-6-14(13)18)10-15(19)17(2)9-12-7-8-20-11-12/h7-8,11,13-14,18H,3-6,9-10H2,1-2H3. The molecule has 20 heavy (non-hydrogen) atoms. The number of aliphatic hydroxyl groups excluding tert-OH is 1. The number of carbonyl (C=O) groups is 1. The lowest BCUT2D eigenvalue weighted by atomic mass is 9.91. The van der Waals surface area contributed by atoms with Crippen LogP contribution in [0, 0.1) is 0 Å². The first-order valence-electron chi connectivity index (χ1n) is 7.21. The van der Waals surface area contributed by atoms with Crippen molar-refractivity contribution in [3.05, 3.63) is 22.4 Å². The summed E-state index contributed by atoms with van der Waals surface area (Å²) in [4.78, 5) is 16.0. The highest BCUT2D eigenvalue weighted by Gasteiger charge is 2.28. The third-order valence-electron chi connectivity index (χ3n) is 4.07. The van der Waals surface area contributed by atoms with Gasteiger partial charge in [-0.2, -0.15) is 11.3 Å². The van der Waals surface area contributed by atoms with Gasteiger partial charge in [-0.25, -0.2) is 0 Å². The minimum Gasteiger partial charge on any atom is -0.391 e. The van der Waals surface area contributed by atoms with E-state index in [2.05, 4.69) is 5.38 Å². The molecule has 1 fully saturated rings. The van der Waals surface area contributed by atoms with Crippen molar-refractivity contribution in [3.8, 4) is 0 Å². The third kappa shape index (κ3) is 4.04. The molecule has 0 bridgehead atoms. The fourth-order valence-corrected chi connectivity index (χ4v) is 3.46. The number of amides is 1. The zero-order valence-electron chi connectivity index (χ0n) is 12.3. The monoisotopic (exact) mass is 296 g/mol. The van der Waals surface area contributed by atoms with Gasteiger partial charge >= 0.3 is 0 Å². The largest absolute Gasteiger partial charge is 0.391 e. The number of rotatable bonds is 5. The molecular weight excluding hydrogens is 272 g/mol. The highest BCUT2D eigenvalue weighted by molar-refractivity contribution is 7.07. The summed E-state index contributed by atoms with van der Waals surface area (Å²) in [5, 5.41) is 14.1. The Balaban J connectivity index is 1.83. The molecule has 0 radical (unpaired) electrons. The van der Waals surface area contributed by atoms with Gasteiger partial charge in [-0.15, -0.1) is 0 Å². The minimum atomic E-state index is -0.288. The molecule has 1 aromatic rings.